The summed E-state index contributed by atoms with van der Waals surface area (Å²) < 4.78 is 2.04. The van der Waals surface area contributed by atoms with Crippen LogP contribution in [0.4, 0.5) is 0 Å². The molecule has 0 N–H and O–H groups in total. The van der Waals surface area contributed by atoms with Crippen LogP contribution in [-0.2, 0) is 0 Å². The molecule has 3 heterocycles. The van der Waals surface area contributed by atoms with Crippen LogP contribution < -0.4 is 0 Å². The smallest absolute Gasteiger partial charge is 0.154 e. The molecule has 74 valence electrons. The molecule has 0 aliphatic rings. The van der Waals surface area contributed by atoms with Crippen LogP contribution in [0.5, 0.6) is 0 Å². The van der Waals surface area contributed by atoms with Crippen molar-refractivity contribution in [3.63, 3.8) is 0 Å². The molecule has 2 nitrogen and oxygen atoms in total. The molecule has 0 aliphatic carbocycles. The van der Waals surface area contributed by atoms with E-state index >= 15 is 0 Å². The van der Waals surface area contributed by atoms with Crippen LogP contribution in [0.3, 0.4) is 0 Å². The first-order chi connectivity index (χ1) is 7.34. The Hall–Kier alpha value is -1.32. The lowest BCUT2D eigenvalue weighted by molar-refractivity contribution is 1.17. The lowest BCUT2D eigenvalue weighted by Crippen LogP contribution is -1.86. The van der Waals surface area contributed by atoms with Gasteiger partial charge in [-0.2, -0.15) is 0 Å². The molecule has 0 amide bonds. The van der Waals surface area contributed by atoms with Gasteiger partial charge in [-0.25, -0.2) is 4.98 Å². The molecule has 3 aromatic heterocycles. The summed E-state index contributed by atoms with van der Waals surface area (Å²) in [5, 5.41) is 2.78. The number of pyridine rings is 1. The molecule has 15 heavy (non-hydrogen) atoms. The molecule has 0 aromatic carbocycles. The number of imidazole rings is 1. The van der Waals surface area contributed by atoms with E-state index in [0.717, 1.165) is 21.2 Å². The van der Waals surface area contributed by atoms with Crippen molar-refractivity contribution >= 4 is 28.5 Å². The lowest BCUT2D eigenvalue weighted by Gasteiger charge is -1.98. The van der Waals surface area contributed by atoms with E-state index < -0.39 is 0 Å². The Balaban J connectivity index is 2.29. The summed E-state index contributed by atoms with van der Waals surface area (Å²) in [6.45, 7) is 0. The number of nitrogens with zero attached hydrogens (tertiary/aromatic N) is 2. The van der Waals surface area contributed by atoms with Crippen molar-refractivity contribution in [2.75, 3.05) is 0 Å². The Morgan fingerprint density at radius 2 is 2.27 bits per heavy atom. The minimum Gasteiger partial charge on any atom is -0.299 e. The van der Waals surface area contributed by atoms with Gasteiger partial charge in [-0.3, -0.25) is 4.40 Å². The summed E-state index contributed by atoms with van der Waals surface area (Å²) in [5.74, 6) is 0.969. The van der Waals surface area contributed by atoms with E-state index in [0.29, 0.717) is 0 Å². The summed E-state index contributed by atoms with van der Waals surface area (Å²) in [6.07, 6.45) is 3.78. The molecule has 0 bridgehead atoms. The lowest BCUT2D eigenvalue weighted by atomic mass is 10.4. The van der Waals surface area contributed by atoms with E-state index in [1.165, 1.54) is 0 Å². The highest BCUT2D eigenvalue weighted by molar-refractivity contribution is 7.13. The minimum absolute atomic E-state index is 0.736. The zero-order valence-corrected chi connectivity index (χ0v) is 9.29. The fraction of sp³-hybridized carbons (Fsp3) is 0. The zero-order valence-electron chi connectivity index (χ0n) is 7.72. The number of aromatic nitrogens is 2. The molecule has 4 heteroatoms. The molecule has 0 aliphatic heterocycles. The van der Waals surface area contributed by atoms with Gasteiger partial charge in [0.15, 0.2) is 5.82 Å². The third kappa shape index (κ3) is 1.44. The molecule has 3 aromatic rings. The van der Waals surface area contributed by atoms with Gasteiger partial charge in [-0.05, 0) is 23.6 Å². The van der Waals surface area contributed by atoms with Gasteiger partial charge in [0.1, 0.15) is 0 Å². The molecule has 0 atom stereocenters. The average molecular weight is 235 g/mol. The van der Waals surface area contributed by atoms with Crippen molar-refractivity contribution < 1.29 is 0 Å². The molecule has 0 unspecified atom stereocenters. The second-order valence-electron chi connectivity index (χ2n) is 3.20. The van der Waals surface area contributed by atoms with Crippen molar-refractivity contribution in [3.8, 4) is 10.7 Å². The maximum atomic E-state index is 5.91. The van der Waals surface area contributed by atoms with Gasteiger partial charge in [0.25, 0.3) is 0 Å². The molecular formula is C11H7ClN2S. The van der Waals surface area contributed by atoms with Crippen LogP contribution in [0.1, 0.15) is 0 Å². The highest BCUT2D eigenvalue weighted by atomic mass is 35.5. The van der Waals surface area contributed by atoms with E-state index in [-0.39, 0.29) is 0 Å². The van der Waals surface area contributed by atoms with Crippen LogP contribution in [-0.4, -0.2) is 9.38 Å². The number of halogens is 1. The van der Waals surface area contributed by atoms with Gasteiger partial charge in [-0.1, -0.05) is 17.7 Å². The highest BCUT2D eigenvalue weighted by Crippen LogP contribution is 2.25. The number of fused-ring (bicyclic) bond motifs is 1. The SMILES string of the molecule is Clc1ccn2c(-c3cccs3)ncc2c1. The van der Waals surface area contributed by atoms with Crippen LogP contribution in [0.15, 0.2) is 42.0 Å². The Labute approximate surface area is 95.8 Å². The number of thiophene rings is 1. The maximum Gasteiger partial charge on any atom is 0.154 e. The van der Waals surface area contributed by atoms with Crippen molar-refractivity contribution in [3.05, 3.63) is 47.1 Å². The first-order valence-corrected chi connectivity index (χ1v) is 5.77. The van der Waals surface area contributed by atoms with Crippen molar-refractivity contribution in [2.45, 2.75) is 0 Å². The van der Waals surface area contributed by atoms with Crippen LogP contribution >= 0.6 is 22.9 Å². The van der Waals surface area contributed by atoms with E-state index in [1.54, 1.807) is 11.3 Å². The average Bonchev–Trinajstić information content (AvgIpc) is 2.82. The molecule has 0 fully saturated rings. The fourth-order valence-electron chi connectivity index (χ4n) is 1.56. The summed E-state index contributed by atoms with van der Waals surface area (Å²) in [6, 6.07) is 7.87. The van der Waals surface area contributed by atoms with Gasteiger partial charge in [0.05, 0.1) is 16.6 Å². The first-order valence-electron chi connectivity index (χ1n) is 4.51. The predicted octanol–water partition coefficient (Wildman–Crippen LogP) is 3.72. The Kier molecular flexibility index (Phi) is 2.01. The molecular weight excluding hydrogens is 228 g/mol. The van der Waals surface area contributed by atoms with Gasteiger partial charge in [0.2, 0.25) is 0 Å². The van der Waals surface area contributed by atoms with E-state index in [4.69, 9.17) is 11.6 Å². The summed E-state index contributed by atoms with van der Waals surface area (Å²) in [4.78, 5) is 5.56. The Morgan fingerprint density at radius 1 is 1.33 bits per heavy atom. The molecule has 0 spiro atoms. The zero-order chi connectivity index (χ0) is 10.3. The van der Waals surface area contributed by atoms with Gasteiger partial charge in [-0.15, -0.1) is 11.3 Å². The second-order valence-corrected chi connectivity index (χ2v) is 4.58. The summed E-state index contributed by atoms with van der Waals surface area (Å²) in [5.41, 5.74) is 1.02. The molecule has 0 saturated carbocycles. The third-order valence-corrected chi connectivity index (χ3v) is 3.34. The van der Waals surface area contributed by atoms with Crippen LogP contribution in [0.2, 0.25) is 5.02 Å². The van der Waals surface area contributed by atoms with E-state index in [9.17, 15) is 0 Å². The maximum absolute atomic E-state index is 5.91. The van der Waals surface area contributed by atoms with Gasteiger partial charge < -0.3 is 0 Å². The fourth-order valence-corrected chi connectivity index (χ4v) is 2.45. The van der Waals surface area contributed by atoms with Gasteiger partial charge in [0, 0.05) is 11.2 Å². The molecule has 0 saturated heterocycles. The molecule has 0 radical (unpaired) electrons. The molecule has 3 rings (SSSR count). The topological polar surface area (TPSA) is 17.3 Å². The quantitative estimate of drug-likeness (QED) is 0.627. The Bertz CT molecular complexity index is 598. The van der Waals surface area contributed by atoms with Crippen molar-refractivity contribution in [1.82, 2.24) is 9.38 Å². The van der Waals surface area contributed by atoms with Gasteiger partial charge >= 0.3 is 0 Å². The normalized spacial score (nSPS) is 11.0. The van der Waals surface area contributed by atoms with Crippen LogP contribution in [0.25, 0.3) is 16.2 Å². The van der Waals surface area contributed by atoms with Crippen molar-refractivity contribution in [1.29, 1.82) is 0 Å². The summed E-state index contributed by atoms with van der Waals surface area (Å²) in [7, 11) is 0. The number of hydrogen-bond donors (Lipinski definition) is 0. The largest absolute Gasteiger partial charge is 0.299 e. The minimum atomic E-state index is 0.736. The van der Waals surface area contributed by atoms with Crippen LogP contribution in [0, 0.1) is 0 Å². The van der Waals surface area contributed by atoms with E-state index in [1.807, 2.05) is 40.4 Å². The van der Waals surface area contributed by atoms with Crippen molar-refractivity contribution in [2.24, 2.45) is 0 Å². The second kappa shape index (κ2) is 3.36. The highest BCUT2D eigenvalue weighted by Gasteiger charge is 2.06. The van der Waals surface area contributed by atoms with E-state index in [2.05, 4.69) is 11.1 Å². The third-order valence-electron chi connectivity index (χ3n) is 2.24. The number of rotatable bonds is 1. The first kappa shape index (κ1) is 8.95. The number of hydrogen-bond acceptors (Lipinski definition) is 2. The summed E-state index contributed by atoms with van der Waals surface area (Å²) >= 11 is 7.60. The monoisotopic (exact) mass is 234 g/mol. The predicted molar refractivity (Wildman–Crippen MR) is 63.5 cm³/mol. The standard InChI is InChI=1S/C11H7ClN2S/c12-8-3-4-14-9(6-8)7-13-11(14)10-2-1-5-15-10/h1-7H. The Morgan fingerprint density at radius 3 is 3.07 bits per heavy atom.